The van der Waals surface area contributed by atoms with Crippen molar-refractivity contribution in [3.05, 3.63) is 51.1 Å². The molecule has 0 radical (unpaired) electrons. The van der Waals surface area contributed by atoms with E-state index in [1.807, 2.05) is 25.1 Å². The van der Waals surface area contributed by atoms with Gasteiger partial charge >= 0.3 is 5.69 Å². The van der Waals surface area contributed by atoms with Gasteiger partial charge in [-0.1, -0.05) is 22.0 Å². The zero-order valence-electron chi connectivity index (χ0n) is 7.62. The first-order chi connectivity index (χ1) is 6.68. The molecule has 0 aliphatic heterocycles. The number of H-pyrrole nitrogens is 1. The summed E-state index contributed by atoms with van der Waals surface area (Å²) in [6.45, 7) is 1.97. The lowest BCUT2D eigenvalue weighted by molar-refractivity contribution is 0.974. The van der Waals surface area contributed by atoms with Gasteiger partial charge in [-0.05, 0) is 24.6 Å². The second-order valence-corrected chi connectivity index (χ2v) is 3.98. The molecule has 0 bridgehead atoms. The second kappa shape index (κ2) is 3.46. The first-order valence-electron chi connectivity index (χ1n) is 4.21. The molecule has 3 nitrogen and oxygen atoms in total. The molecule has 0 amide bonds. The number of hydrogen-bond acceptors (Lipinski definition) is 1. The van der Waals surface area contributed by atoms with Gasteiger partial charge < -0.3 is 4.98 Å². The fourth-order valence-electron chi connectivity index (χ4n) is 1.35. The number of aromatic nitrogens is 2. The van der Waals surface area contributed by atoms with Crippen LogP contribution in [0.25, 0.3) is 5.69 Å². The molecule has 0 fully saturated rings. The van der Waals surface area contributed by atoms with Gasteiger partial charge in [0.2, 0.25) is 0 Å². The summed E-state index contributed by atoms with van der Waals surface area (Å²) in [6.07, 6.45) is 3.35. The van der Waals surface area contributed by atoms with Crippen molar-refractivity contribution in [1.82, 2.24) is 9.55 Å². The topological polar surface area (TPSA) is 37.8 Å². The maximum atomic E-state index is 11.4. The number of benzene rings is 1. The number of nitrogens with one attached hydrogen (secondary N) is 1. The lowest BCUT2D eigenvalue weighted by Gasteiger charge is -2.05. The van der Waals surface area contributed by atoms with Crippen LogP contribution in [0.5, 0.6) is 0 Å². The maximum Gasteiger partial charge on any atom is 0.330 e. The molecule has 0 spiro atoms. The van der Waals surface area contributed by atoms with E-state index in [-0.39, 0.29) is 5.69 Å². The van der Waals surface area contributed by atoms with Gasteiger partial charge in [0.05, 0.1) is 5.69 Å². The molecule has 0 unspecified atom stereocenters. The van der Waals surface area contributed by atoms with Gasteiger partial charge in [-0.2, -0.15) is 0 Å². The third-order valence-electron chi connectivity index (χ3n) is 2.08. The molecule has 1 N–H and O–H groups in total. The minimum absolute atomic E-state index is 0.119. The Morgan fingerprint density at radius 3 is 2.86 bits per heavy atom. The predicted molar refractivity (Wildman–Crippen MR) is 58.8 cm³/mol. The number of rotatable bonds is 1. The maximum absolute atomic E-state index is 11.4. The predicted octanol–water partition coefficient (Wildman–Crippen LogP) is 2.24. The van der Waals surface area contributed by atoms with E-state index >= 15 is 0 Å². The Hall–Kier alpha value is -1.29. The average Bonchev–Trinajstić information content (AvgIpc) is 2.56. The van der Waals surface area contributed by atoms with E-state index < -0.39 is 0 Å². The lowest BCUT2D eigenvalue weighted by Crippen LogP contribution is -2.14. The van der Waals surface area contributed by atoms with Crippen LogP contribution < -0.4 is 5.69 Å². The van der Waals surface area contributed by atoms with E-state index in [2.05, 4.69) is 20.9 Å². The molecule has 1 aromatic carbocycles. The highest BCUT2D eigenvalue weighted by atomic mass is 79.9. The Kier molecular flexibility index (Phi) is 2.29. The summed E-state index contributed by atoms with van der Waals surface area (Å²) in [6, 6.07) is 5.85. The SMILES string of the molecule is Cc1ccc(Br)cc1-n1cc[nH]c1=O. The van der Waals surface area contributed by atoms with Crippen molar-refractivity contribution in [3.8, 4) is 5.69 Å². The third-order valence-corrected chi connectivity index (χ3v) is 2.57. The average molecular weight is 253 g/mol. The molecular formula is C10H9BrN2O. The summed E-state index contributed by atoms with van der Waals surface area (Å²) in [5, 5.41) is 0. The Morgan fingerprint density at radius 1 is 1.43 bits per heavy atom. The van der Waals surface area contributed by atoms with Gasteiger partial charge in [0.1, 0.15) is 0 Å². The van der Waals surface area contributed by atoms with E-state index in [9.17, 15) is 4.79 Å². The van der Waals surface area contributed by atoms with Crippen molar-refractivity contribution in [3.63, 3.8) is 0 Å². The monoisotopic (exact) mass is 252 g/mol. The summed E-state index contributed by atoms with van der Waals surface area (Å²) in [5.41, 5.74) is 1.84. The highest BCUT2D eigenvalue weighted by molar-refractivity contribution is 9.10. The van der Waals surface area contributed by atoms with E-state index in [1.54, 1.807) is 17.0 Å². The molecule has 0 atom stereocenters. The molecule has 0 saturated heterocycles. The summed E-state index contributed by atoms with van der Waals surface area (Å²) in [4.78, 5) is 14.0. The highest BCUT2D eigenvalue weighted by Crippen LogP contribution is 2.18. The van der Waals surface area contributed by atoms with Gasteiger partial charge in [0, 0.05) is 16.9 Å². The molecule has 1 aromatic heterocycles. The highest BCUT2D eigenvalue weighted by Gasteiger charge is 2.03. The van der Waals surface area contributed by atoms with Crippen molar-refractivity contribution in [2.45, 2.75) is 6.92 Å². The Labute approximate surface area is 89.5 Å². The van der Waals surface area contributed by atoms with Crippen LogP contribution in [0.3, 0.4) is 0 Å². The van der Waals surface area contributed by atoms with Crippen LogP contribution in [0.1, 0.15) is 5.56 Å². The van der Waals surface area contributed by atoms with Crippen LogP contribution in [0.4, 0.5) is 0 Å². The van der Waals surface area contributed by atoms with Crippen LogP contribution in [0.15, 0.2) is 39.9 Å². The molecule has 4 heteroatoms. The molecule has 2 rings (SSSR count). The second-order valence-electron chi connectivity index (χ2n) is 3.07. The number of hydrogen-bond donors (Lipinski definition) is 1. The van der Waals surface area contributed by atoms with Gasteiger partial charge in [-0.25, -0.2) is 4.79 Å². The zero-order chi connectivity index (χ0) is 10.1. The quantitative estimate of drug-likeness (QED) is 0.831. The van der Waals surface area contributed by atoms with Crippen molar-refractivity contribution >= 4 is 15.9 Å². The summed E-state index contributed by atoms with van der Waals surface area (Å²) in [7, 11) is 0. The van der Waals surface area contributed by atoms with E-state index in [0.717, 1.165) is 15.7 Å². The van der Waals surface area contributed by atoms with Crippen molar-refractivity contribution in [2.75, 3.05) is 0 Å². The fraction of sp³-hybridized carbons (Fsp3) is 0.100. The third kappa shape index (κ3) is 1.53. The summed E-state index contributed by atoms with van der Waals surface area (Å²) < 4.78 is 2.55. The number of aromatic amines is 1. The van der Waals surface area contributed by atoms with Crippen LogP contribution in [0.2, 0.25) is 0 Å². The largest absolute Gasteiger partial charge is 0.330 e. The first-order valence-corrected chi connectivity index (χ1v) is 5.00. The van der Waals surface area contributed by atoms with Crippen LogP contribution in [-0.2, 0) is 0 Å². The van der Waals surface area contributed by atoms with Crippen LogP contribution in [-0.4, -0.2) is 9.55 Å². The molecule has 1 heterocycles. The van der Waals surface area contributed by atoms with Crippen LogP contribution >= 0.6 is 15.9 Å². The molecular weight excluding hydrogens is 244 g/mol. The standard InChI is InChI=1S/C10H9BrN2O/c1-7-2-3-8(11)6-9(7)13-5-4-12-10(13)14/h2-6H,1H3,(H,12,14). The van der Waals surface area contributed by atoms with Gasteiger partial charge in [-0.3, -0.25) is 4.57 Å². The molecule has 72 valence electrons. The van der Waals surface area contributed by atoms with Crippen molar-refractivity contribution in [2.24, 2.45) is 0 Å². The Balaban J connectivity index is 2.68. The number of aryl methyl sites for hydroxylation is 1. The minimum atomic E-state index is -0.119. The van der Waals surface area contributed by atoms with Gasteiger partial charge in [0.25, 0.3) is 0 Å². The Morgan fingerprint density at radius 2 is 2.21 bits per heavy atom. The summed E-state index contributed by atoms with van der Waals surface area (Å²) in [5.74, 6) is 0. The van der Waals surface area contributed by atoms with Gasteiger partial charge in [-0.15, -0.1) is 0 Å². The smallest absolute Gasteiger partial charge is 0.312 e. The minimum Gasteiger partial charge on any atom is -0.312 e. The number of nitrogens with zero attached hydrogens (tertiary/aromatic N) is 1. The van der Waals surface area contributed by atoms with E-state index in [0.29, 0.717) is 0 Å². The van der Waals surface area contributed by atoms with Gasteiger partial charge in [0.15, 0.2) is 0 Å². The molecule has 0 aliphatic carbocycles. The van der Waals surface area contributed by atoms with Crippen molar-refractivity contribution in [1.29, 1.82) is 0 Å². The molecule has 14 heavy (non-hydrogen) atoms. The fourth-order valence-corrected chi connectivity index (χ4v) is 1.70. The summed E-state index contributed by atoms with van der Waals surface area (Å²) >= 11 is 3.38. The number of imidazole rings is 1. The first kappa shape index (κ1) is 9.27. The molecule has 0 aliphatic rings. The van der Waals surface area contributed by atoms with E-state index in [4.69, 9.17) is 0 Å². The van der Waals surface area contributed by atoms with Crippen LogP contribution in [0, 0.1) is 6.92 Å². The Bertz CT molecular complexity index is 513. The zero-order valence-corrected chi connectivity index (χ0v) is 9.21. The number of halogens is 1. The normalized spacial score (nSPS) is 10.4. The molecule has 2 aromatic rings. The van der Waals surface area contributed by atoms with E-state index in [1.165, 1.54) is 0 Å². The van der Waals surface area contributed by atoms with Crippen molar-refractivity contribution < 1.29 is 0 Å². The molecule has 0 saturated carbocycles. The lowest BCUT2D eigenvalue weighted by atomic mass is 10.2.